The maximum atomic E-state index is 13.2. The molecule has 0 bridgehead atoms. The molecule has 4 aromatic rings. The Hall–Kier alpha value is -5.66. The normalized spacial score (nSPS) is 10.2. The van der Waals surface area contributed by atoms with E-state index in [0.717, 1.165) is 23.3 Å². The summed E-state index contributed by atoms with van der Waals surface area (Å²) in [5, 5.41) is 17.1. The number of nitro benzene ring substituents is 1. The van der Waals surface area contributed by atoms with Gasteiger partial charge >= 0.3 is 0 Å². The number of nitrogens with two attached hydrogens (primary N) is 1. The number of ether oxygens (including phenoxy) is 6. The Morgan fingerprint density at radius 2 is 1.02 bits per heavy atom. The number of nitro groups is 1. The molecule has 0 unspecified atom stereocenters. The van der Waals surface area contributed by atoms with E-state index in [2.05, 4.69) is 10.6 Å². The molecule has 0 fully saturated rings. The van der Waals surface area contributed by atoms with Crippen molar-refractivity contribution in [2.24, 2.45) is 0 Å². The topological polar surface area (TPSA) is 149 Å². The highest BCUT2D eigenvalue weighted by Crippen LogP contribution is 2.39. The number of hydrogen-bond acceptors (Lipinski definition) is 11. The van der Waals surface area contributed by atoms with Crippen molar-refractivity contribution < 1.29 is 42.1 Å². The molecule has 4 N–H and O–H groups in total. The molecule has 4 rings (SSSR count). The summed E-state index contributed by atoms with van der Waals surface area (Å²) < 4.78 is 57.8. The van der Waals surface area contributed by atoms with Crippen molar-refractivity contribution in [3.8, 4) is 34.5 Å². The quantitative estimate of drug-likeness (QED) is 0.0843. The first-order chi connectivity index (χ1) is 22.1. The average Bonchev–Trinajstić information content (AvgIpc) is 3.06. The minimum absolute atomic E-state index is 0.218. The van der Waals surface area contributed by atoms with Crippen LogP contribution in [0.4, 0.5) is 31.5 Å². The first-order valence-electron chi connectivity index (χ1n) is 13.6. The lowest BCUT2D eigenvalue weighted by molar-refractivity contribution is -0.384. The summed E-state index contributed by atoms with van der Waals surface area (Å²) in [6.07, 6.45) is 0. The van der Waals surface area contributed by atoms with Crippen LogP contribution in [0.15, 0.2) is 60.7 Å². The van der Waals surface area contributed by atoms with Crippen molar-refractivity contribution in [2.45, 2.75) is 13.1 Å². The molecule has 0 saturated carbocycles. The first kappa shape index (κ1) is 34.8. The zero-order chi connectivity index (χ0) is 33.8. The van der Waals surface area contributed by atoms with E-state index in [4.69, 9.17) is 34.2 Å². The van der Waals surface area contributed by atoms with Gasteiger partial charge in [0.2, 0.25) is 11.5 Å². The first-order valence-corrected chi connectivity index (χ1v) is 13.6. The van der Waals surface area contributed by atoms with Crippen LogP contribution in [-0.4, -0.2) is 47.6 Å². The van der Waals surface area contributed by atoms with Gasteiger partial charge in [0, 0.05) is 13.1 Å². The monoisotopic (exact) mass is 642 g/mol. The van der Waals surface area contributed by atoms with Gasteiger partial charge in [0.05, 0.1) is 65.0 Å². The summed E-state index contributed by atoms with van der Waals surface area (Å²) in [6, 6.07) is 14.7. The molecule has 0 aromatic heterocycles. The minimum atomic E-state index is -0.667. The molecule has 0 aliphatic rings. The van der Waals surface area contributed by atoms with E-state index < -0.39 is 10.7 Å². The number of halogens is 2. The Labute approximate surface area is 265 Å². The molecule has 12 nitrogen and oxygen atoms in total. The van der Waals surface area contributed by atoms with Crippen molar-refractivity contribution in [2.75, 3.05) is 59.0 Å². The van der Waals surface area contributed by atoms with E-state index in [9.17, 15) is 18.9 Å². The van der Waals surface area contributed by atoms with Crippen molar-refractivity contribution in [1.82, 2.24) is 0 Å². The number of hydrogen-bond donors (Lipinski definition) is 3. The highest BCUT2D eigenvalue weighted by atomic mass is 19.1. The van der Waals surface area contributed by atoms with Gasteiger partial charge in [-0.1, -0.05) is 0 Å². The smallest absolute Gasteiger partial charge is 0.295 e. The Morgan fingerprint density at radius 3 is 1.39 bits per heavy atom. The molecule has 0 aliphatic heterocycles. The van der Waals surface area contributed by atoms with Crippen LogP contribution in [-0.2, 0) is 13.1 Å². The summed E-state index contributed by atoms with van der Waals surface area (Å²) in [4.78, 5) is 10.4. The third kappa shape index (κ3) is 8.71. The van der Waals surface area contributed by atoms with Crippen LogP contribution in [0.5, 0.6) is 34.5 Å². The molecule has 0 atom stereocenters. The summed E-state index contributed by atoms with van der Waals surface area (Å²) in [6.45, 7) is 0.732. The van der Waals surface area contributed by atoms with Gasteiger partial charge in [-0.05, 0) is 65.7 Å². The van der Waals surface area contributed by atoms with E-state index in [0.29, 0.717) is 52.4 Å². The molecule has 0 amide bonds. The van der Waals surface area contributed by atoms with Crippen molar-refractivity contribution >= 4 is 22.7 Å². The molecule has 0 spiro atoms. The Kier molecular flexibility index (Phi) is 12.4. The molecule has 14 heteroatoms. The maximum Gasteiger partial charge on any atom is 0.295 e. The van der Waals surface area contributed by atoms with E-state index in [1.807, 2.05) is 12.1 Å². The van der Waals surface area contributed by atoms with Crippen LogP contribution < -0.4 is 44.8 Å². The van der Waals surface area contributed by atoms with Gasteiger partial charge in [-0.3, -0.25) is 10.1 Å². The highest BCUT2D eigenvalue weighted by Gasteiger charge is 2.17. The molecule has 0 saturated heterocycles. The molecule has 0 heterocycles. The predicted molar refractivity (Wildman–Crippen MR) is 171 cm³/mol. The van der Waals surface area contributed by atoms with Crippen LogP contribution in [0.2, 0.25) is 0 Å². The van der Waals surface area contributed by atoms with Crippen LogP contribution in [0.3, 0.4) is 0 Å². The highest BCUT2D eigenvalue weighted by molar-refractivity contribution is 5.66. The molecule has 0 radical (unpaired) electrons. The van der Waals surface area contributed by atoms with Gasteiger partial charge in [0.25, 0.3) is 5.69 Å². The molecule has 46 heavy (non-hydrogen) atoms. The lowest BCUT2D eigenvalue weighted by Crippen LogP contribution is -2.04. The van der Waals surface area contributed by atoms with Gasteiger partial charge in [-0.15, -0.1) is 0 Å². The maximum absolute atomic E-state index is 13.2. The second-order valence-corrected chi connectivity index (χ2v) is 9.42. The molecule has 0 aliphatic carbocycles. The van der Waals surface area contributed by atoms with Crippen LogP contribution in [0.1, 0.15) is 11.1 Å². The predicted octanol–water partition coefficient (Wildman–Crippen LogP) is 6.42. The molecule has 4 aromatic carbocycles. The Balaban J connectivity index is 0.000000251. The molecular weight excluding hydrogens is 606 g/mol. The van der Waals surface area contributed by atoms with Gasteiger partial charge in [-0.25, -0.2) is 8.78 Å². The summed E-state index contributed by atoms with van der Waals surface area (Å²) in [5.41, 5.74) is 8.34. The Morgan fingerprint density at radius 1 is 0.630 bits per heavy atom. The lowest BCUT2D eigenvalue weighted by atomic mass is 10.1. The van der Waals surface area contributed by atoms with Crippen molar-refractivity contribution in [1.29, 1.82) is 0 Å². The van der Waals surface area contributed by atoms with E-state index in [1.54, 1.807) is 39.5 Å². The number of nitrogen functional groups attached to an aromatic ring is 1. The zero-order valence-electron chi connectivity index (χ0n) is 26.2. The number of rotatable bonds is 13. The number of benzene rings is 4. The molecule has 246 valence electrons. The average molecular weight is 643 g/mol. The Bertz CT molecular complexity index is 1600. The van der Waals surface area contributed by atoms with Gasteiger partial charge in [-0.2, -0.15) is 0 Å². The fraction of sp³-hybridized carbons (Fsp3) is 0.250. The van der Waals surface area contributed by atoms with E-state index >= 15 is 0 Å². The molecular formula is C32H36F2N4O8. The van der Waals surface area contributed by atoms with Crippen LogP contribution in [0, 0.1) is 21.7 Å². The fourth-order valence-corrected chi connectivity index (χ4v) is 4.37. The summed E-state index contributed by atoms with van der Waals surface area (Å²) in [7, 11) is 9.18. The van der Waals surface area contributed by atoms with Gasteiger partial charge in [0.1, 0.15) is 17.3 Å². The number of methoxy groups -OCH3 is 6. The lowest BCUT2D eigenvalue weighted by Gasteiger charge is -2.15. The van der Waals surface area contributed by atoms with Gasteiger partial charge < -0.3 is 44.8 Å². The minimum Gasteiger partial charge on any atom is -0.493 e. The number of nitrogens with one attached hydrogen (secondary N) is 2. The van der Waals surface area contributed by atoms with E-state index in [-0.39, 0.29) is 23.7 Å². The van der Waals surface area contributed by atoms with Crippen molar-refractivity contribution in [3.05, 3.63) is 93.5 Å². The third-order valence-corrected chi connectivity index (χ3v) is 6.59. The fourth-order valence-electron chi connectivity index (χ4n) is 4.37. The van der Waals surface area contributed by atoms with Gasteiger partial charge in [0.15, 0.2) is 23.0 Å². The second kappa shape index (κ2) is 16.4. The summed E-state index contributed by atoms with van der Waals surface area (Å²) >= 11 is 0. The number of anilines is 3. The van der Waals surface area contributed by atoms with Crippen LogP contribution >= 0.6 is 0 Å². The van der Waals surface area contributed by atoms with Crippen LogP contribution in [0.25, 0.3) is 0 Å². The summed E-state index contributed by atoms with van der Waals surface area (Å²) in [5.74, 6) is 2.06. The van der Waals surface area contributed by atoms with E-state index in [1.165, 1.54) is 39.5 Å². The third-order valence-electron chi connectivity index (χ3n) is 6.59. The largest absolute Gasteiger partial charge is 0.493 e. The number of nitrogens with zero attached hydrogens (tertiary/aromatic N) is 1. The standard InChI is InChI=1S/C16H17FN2O5.C16H19FN2O3/c1-22-14-6-10(7-15(23-2)16(14)24-3)9-18-12-5-4-11(17)8-13(12)19(20)21;1-20-14-6-10(7-15(21-2)16(14)22-3)9-19-13-5-4-11(17)8-12(13)18/h4-8,18H,9H2,1-3H3;4-8,19H,9,18H2,1-3H3. The zero-order valence-corrected chi connectivity index (χ0v) is 26.2. The second-order valence-electron chi connectivity index (χ2n) is 9.42. The van der Waals surface area contributed by atoms with Crippen molar-refractivity contribution in [3.63, 3.8) is 0 Å². The SMILES string of the molecule is COc1cc(CNc2ccc(F)cc2N)cc(OC)c1OC.COc1cc(CNc2ccc(F)cc2[N+](=O)[O-])cc(OC)c1OC.